The van der Waals surface area contributed by atoms with Crippen molar-refractivity contribution in [1.29, 1.82) is 0 Å². The highest BCUT2D eigenvalue weighted by atomic mass is 16.3. The van der Waals surface area contributed by atoms with E-state index in [4.69, 9.17) is 4.42 Å². The van der Waals surface area contributed by atoms with Gasteiger partial charge in [0.15, 0.2) is 5.82 Å². The first-order chi connectivity index (χ1) is 8.29. The van der Waals surface area contributed by atoms with Crippen LogP contribution in [-0.4, -0.2) is 24.3 Å². The highest BCUT2D eigenvalue weighted by Crippen LogP contribution is 2.12. The highest BCUT2D eigenvalue weighted by Gasteiger charge is 2.05. The summed E-state index contributed by atoms with van der Waals surface area (Å²) in [7, 11) is 3.87. The van der Waals surface area contributed by atoms with Crippen molar-refractivity contribution in [2.75, 3.05) is 19.0 Å². The van der Waals surface area contributed by atoms with Crippen molar-refractivity contribution in [2.24, 2.45) is 0 Å². The lowest BCUT2D eigenvalue weighted by Crippen LogP contribution is -2.18. The van der Waals surface area contributed by atoms with Crippen molar-refractivity contribution < 1.29 is 4.42 Å². The minimum atomic E-state index is 0.735. The summed E-state index contributed by atoms with van der Waals surface area (Å²) >= 11 is 0. The van der Waals surface area contributed by atoms with Crippen LogP contribution in [0.15, 0.2) is 35.1 Å². The van der Waals surface area contributed by atoms with Gasteiger partial charge >= 0.3 is 0 Å². The fourth-order valence-electron chi connectivity index (χ4n) is 1.57. The van der Waals surface area contributed by atoms with E-state index in [1.54, 1.807) is 12.5 Å². The molecule has 0 fully saturated rings. The molecule has 0 unspecified atom stereocenters. The molecule has 0 atom stereocenters. The maximum atomic E-state index is 5.03. The van der Waals surface area contributed by atoms with Crippen LogP contribution in [0.25, 0.3) is 0 Å². The largest absolute Gasteiger partial charge is 0.472 e. The summed E-state index contributed by atoms with van der Waals surface area (Å²) in [6, 6.07) is 5.89. The summed E-state index contributed by atoms with van der Waals surface area (Å²) < 4.78 is 5.03. The third kappa shape index (κ3) is 3.04. The Labute approximate surface area is 100 Å². The molecule has 2 aromatic heterocycles. The average Bonchev–Trinajstić information content (AvgIpc) is 2.83. The molecule has 0 aromatic carbocycles. The van der Waals surface area contributed by atoms with Crippen molar-refractivity contribution in [3.63, 3.8) is 0 Å². The van der Waals surface area contributed by atoms with Gasteiger partial charge in [0.25, 0.3) is 0 Å². The third-order valence-corrected chi connectivity index (χ3v) is 2.45. The molecule has 0 aliphatic rings. The third-order valence-electron chi connectivity index (χ3n) is 2.45. The van der Waals surface area contributed by atoms with Gasteiger partial charge in [-0.2, -0.15) is 5.10 Å². The van der Waals surface area contributed by atoms with E-state index in [2.05, 4.69) is 15.5 Å². The first-order valence-corrected chi connectivity index (χ1v) is 5.49. The molecule has 0 saturated heterocycles. The lowest BCUT2D eigenvalue weighted by atomic mass is 10.3. The minimum Gasteiger partial charge on any atom is -0.472 e. The van der Waals surface area contributed by atoms with E-state index < -0.39 is 0 Å². The van der Waals surface area contributed by atoms with Crippen LogP contribution >= 0.6 is 0 Å². The zero-order valence-electron chi connectivity index (χ0n) is 10.1. The molecule has 1 N–H and O–H groups in total. The second kappa shape index (κ2) is 5.45. The predicted molar refractivity (Wildman–Crippen MR) is 65.6 cm³/mol. The molecule has 5 heteroatoms. The first-order valence-electron chi connectivity index (χ1n) is 5.49. The van der Waals surface area contributed by atoms with Crippen LogP contribution in [0.2, 0.25) is 0 Å². The van der Waals surface area contributed by atoms with Crippen LogP contribution in [0, 0.1) is 0 Å². The molecule has 2 aromatic rings. The van der Waals surface area contributed by atoms with E-state index >= 15 is 0 Å². The Kier molecular flexibility index (Phi) is 3.72. The van der Waals surface area contributed by atoms with Crippen molar-refractivity contribution in [2.45, 2.75) is 13.1 Å². The molecule has 2 heterocycles. The van der Waals surface area contributed by atoms with Gasteiger partial charge in [0.2, 0.25) is 0 Å². The number of nitrogens with one attached hydrogen (secondary N) is 1. The van der Waals surface area contributed by atoms with Crippen molar-refractivity contribution in [1.82, 2.24) is 15.5 Å². The van der Waals surface area contributed by atoms with Gasteiger partial charge in [0, 0.05) is 25.7 Å². The van der Waals surface area contributed by atoms with Crippen LogP contribution in [0.4, 0.5) is 5.82 Å². The molecule has 90 valence electrons. The maximum Gasteiger partial charge on any atom is 0.151 e. The van der Waals surface area contributed by atoms with Crippen LogP contribution in [-0.2, 0) is 13.1 Å². The van der Waals surface area contributed by atoms with Gasteiger partial charge in [-0.15, -0.1) is 5.10 Å². The summed E-state index contributed by atoms with van der Waals surface area (Å²) in [6.07, 6.45) is 3.41. The fourth-order valence-corrected chi connectivity index (χ4v) is 1.57. The molecular weight excluding hydrogens is 216 g/mol. The van der Waals surface area contributed by atoms with Gasteiger partial charge in [0.1, 0.15) is 0 Å². The number of nitrogens with zero attached hydrogens (tertiary/aromatic N) is 3. The van der Waals surface area contributed by atoms with E-state index in [0.717, 1.165) is 30.2 Å². The molecule has 5 nitrogen and oxygen atoms in total. The Morgan fingerprint density at radius 1 is 1.29 bits per heavy atom. The van der Waals surface area contributed by atoms with Crippen LogP contribution in [0.3, 0.4) is 0 Å². The van der Waals surface area contributed by atoms with Crippen LogP contribution in [0.1, 0.15) is 11.3 Å². The number of furan rings is 1. The second-order valence-corrected chi connectivity index (χ2v) is 3.90. The van der Waals surface area contributed by atoms with Gasteiger partial charge in [-0.1, -0.05) is 0 Å². The van der Waals surface area contributed by atoms with E-state index in [9.17, 15) is 0 Å². The number of hydrogen-bond acceptors (Lipinski definition) is 5. The number of aromatic nitrogens is 2. The Morgan fingerprint density at radius 2 is 2.18 bits per heavy atom. The van der Waals surface area contributed by atoms with E-state index in [0.29, 0.717) is 0 Å². The molecule has 0 aliphatic heterocycles. The molecule has 2 rings (SSSR count). The molecule has 0 aliphatic carbocycles. The second-order valence-electron chi connectivity index (χ2n) is 3.90. The Morgan fingerprint density at radius 3 is 2.76 bits per heavy atom. The van der Waals surface area contributed by atoms with E-state index in [-0.39, 0.29) is 0 Å². The summed E-state index contributed by atoms with van der Waals surface area (Å²) in [5.41, 5.74) is 2.06. The van der Waals surface area contributed by atoms with Crippen LogP contribution < -0.4 is 10.2 Å². The molecule has 0 amide bonds. The lowest BCUT2D eigenvalue weighted by Gasteiger charge is -2.16. The zero-order valence-corrected chi connectivity index (χ0v) is 10.1. The molecule has 0 saturated carbocycles. The summed E-state index contributed by atoms with van der Waals surface area (Å²) in [4.78, 5) is 2.03. The van der Waals surface area contributed by atoms with Gasteiger partial charge in [0.05, 0.1) is 18.2 Å². The summed E-state index contributed by atoms with van der Waals surface area (Å²) in [5.74, 6) is 0.853. The molecular formula is C12H16N4O. The molecule has 17 heavy (non-hydrogen) atoms. The summed E-state index contributed by atoms with van der Waals surface area (Å²) in [6.45, 7) is 1.50. The monoisotopic (exact) mass is 232 g/mol. The lowest BCUT2D eigenvalue weighted by molar-refractivity contribution is 0.563. The average molecular weight is 232 g/mol. The Hall–Kier alpha value is -1.88. The number of hydrogen-bond donors (Lipinski definition) is 1. The van der Waals surface area contributed by atoms with Gasteiger partial charge in [-0.25, -0.2) is 0 Å². The fraction of sp³-hybridized carbons (Fsp3) is 0.333. The van der Waals surface area contributed by atoms with Crippen molar-refractivity contribution in [3.05, 3.63) is 42.0 Å². The van der Waals surface area contributed by atoms with E-state index in [1.165, 1.54) is 0 Å². The topological polar surface area (TPSA) is 54.2 Å². The quantitative estimate of drug-likeness (QED) is 0.845. The zero-order chi connectivity index (χ0) is 12.1. The summed E-state index contributed by atoms with van der Waals surface area (Å²) in [5, 5.41) is 11.4. The molecule has 0 radical (unpaired) electrons. The number of anilines is 1. The Bertz CT molecular complexity index is 438. The molecule has 0 spiro atoms. The van der Waals surface area contributed by atoms with Crippen LogP contribution in [0.5, 0.6) is 0 Å². The number of rotatable bonds is 5. The van der Waals surface area contributed by atoms with Crippen molar-refractivity contribution in [3.8, 4) is 0 Å². The van der Waals surface area contributed by atoms with Gasteiger partial charge in [-0.3, -0.25) is 0 Å². The Balaban J connectivity index is 2.01. The molecule has 0 bridgehead atoms. The van der Waals surface area contributed by atoms with Gasteiger partial charge in [-0.05, 0) is 25.2 Å². The van der Waals surface area contributed by atoms with Crippen molar-refractivity contribution >= 4 is 5.82 Å². The standard InChI is InChI=1S/C12H16N4O/c1-13-7-11-3-4-12(15-14-11)16(2)8-10-5-6-17-9-10/h3-6,9,13H,7-8H2,1-2H3. The maximum absolute atomic E-state index is 5.03. The normalized spacial score (nSPS) is 10.5. The smallest absolute Gasteiger partial charge is 0.151 e. The highest BCUT2D eigenvalue weighted by molar-refractivity contribution is 5.37. The predicted octanol–water partition coefficient (Wildman–Crippen LogP) is 1.43. The SMILES string of the molecule is CNCc1ccc(N(C)Cc2ccoc2)nn1. The minimum absolute atomic E-state index is 0.735. The first kappa shape index (κ1) is 11.6. The van der Waals surface area contributed by atoms with E-state index in [1.807, 2.05) is 37.2 Å². The van der Waals surface area contributed by atoms with Gasteiger partial charge < -0.3 is 14.6 Å².